The molecular formula is C17H15N. The van der Waals surface area contributed by atoms with E-state index in [4.69, 9.17) is 5.73 Å². The van der Waals surface area contributed by atoms with Gasteiger partial charge in [0.15, 0.2) is 0 Å². The molecule has 1 aliphatic rings. The summed E-state index contributed by atoms with van der Waals surface area (Å²) in [7, 11) is 0. The molecule has 0 spiro atoms. The van der Waals surface area contributed by atoms with Crippen LogP contribution in [0.3, 0.4) is 0 Å². The first-order valence-corrected chi connectivity index (χ1v) is 6.35. The first-order chi connectivity index (χ1) is 8.59. The molecule has 0 atom stereocenters. The fourth-order valence-corrected chi connectivity index (χ4v) is 3.42. The summed E-state index contributed by atoms with van der Waals surface area (Å²) >= 11 is 0. The minimum atomic E-state index is 0.0524. The third-order valence-corrected chi connectivity index (χ3v) is 4.33. The molecule has 1 aliphatic carbocycles. The molecule has 0 heterocycles. The number of nitrogen functional groups attached to an aromatic ring is 1. The van der Waals surface area contributed by atoms with Gasteiger partial charge in [0.2, 0.25) is 0 Å². The van der Waals surface area contributed by atoms with Crippen LogP contribution >= 0.6 is 0 Å². The molecule has 0 amide bonds. The molecule has 0 fully saturated rings. The van der Waals surface area contributed by atoms with Gasteiger partial charge in [-0.25, -0.2) is 0 Å². The largest absolute Gasteiger partial charge is 0.399 e. The lowest BCUT2D eigenvalue weighted by molar-refractivity contribution is 0.663. The summed E-state index contributed by atoms with van der Waals surface area (Å²) in [5.74, 6) is 0. The van der Waals surface area contributed by atoms with E-state index < -0.39 is 0 Å². The molecule has 1 heteroatoms. The lowest BCUT2D eigenvalue weighted by Crippen LogP contribution is -2.15. The van der Waals surface area contributed by atoms with Crippen molar-refractivity contribution >= 4 is 27.2 Å². The summed E-state index contributed by atoms with van der Waals surface area (Å²) in [6.45, 7) is 4.58. The molecule has 0 saturated carbocycles. The Balaban J connectivity index is 2.38. The van der Waals surface area contributed by atoms with E-state index in [1.165, 1.54) is 32.7 Å². The third-order valence-electron chi connectivity index (χ3n) is 4.33. The van der Waals surface area contributed by atoms with E-state index in [9.17, 15) is 0 Å². The zero-order valence-corrected chi connectivity index (χ0v) is 10.6. The molecule has 0 saturated heterocycles. The highest BCUT2D eigenvalue weighted by molar-refractivity contribution is 6.15. The number of hydrogen-bond donors (Lipinski definition) is 1. The van der Waals surface area contributed by atoms with Crippen LogP contribution in [0, 0.1) is 0 Å². The van der Waals surface area contributed by atoms with Crippen LogP contribution in [0.15, 0.2) is 42.5 Å². The summed E-state index contributed by atoms with van der Waals surface area (Å²) in [6, 6.07) is 15.2. The summed E-state index contributed by atoms with van der Waals surface area (Å²) in [4.78, 5) is 0. The second-order valence-corrected chi connectivity index (χ2v) is 5.76. The average Bonchev–Trinajstić information content (AvgIpc) is 2.57. The van der Waals surface area contributed by atoms with Crippen molar-refractivity contribution in [2.24, 2.45) is 0 Å². The maximum absolute atomic E-state index is 6.05. The van der Waals surface area contributed by atoms with Crippen molar-refractivity contribution in [2.45, 2.75) is 19.3 Å². The Morgan fingerprint density at radius 3 is 2.39 bits per heavy atom. The second-order valence-electron chi connectivity index (χ2n) is 5.76. The Morgan fingerprint density at radius 1 is 0.833 bits per heavy atom. The number of nitrogens with two attached hydrogens (primary N) is 1. The zero-order valence-electron chi connectivity index (χ0n) is 10.6. The smallest absolute Gasteiger partial charge is 0.0323 e. The van der Waals surface area contributed by atoms with Crippen molar-refractivity contribution in [3.63, 3.8) is 0 Å². The predicted octanol–water partition coefficient (Wildman–Crippen LogP) is 4.21. The van der Waals surface area contributed by atoms with Crippen molar-refractivity contribution in [1.29, 1.82) is 0 Å². The first-order valence-electron chi connectivity index (χ1n) is 6.35. The highest BCUT2D eigenvalue weighted by Gasteiger charge is 2.33. The molecule has 0 aromatic heterocycles. The van der Waals surface area contributed by atoms with E-state index in [-0.39, 0.29) is 5.41 Å². The number of benzene rings is 3. The van der Waals surface area contributed by atoms with Gasteiger partial charge in [-0.05, 0) is 44.8 Å². The molecule has 3 aromatic carbocycles. The maximum Gasteiger partial charge on any atom is 0.0323 e. The summed E-state index contributed by atoms with van der Waals surface area (Å²) in [5, 5.41) is 5.39. The highest BCUT2D eigenvalue weighted by atomic mass is 14.5. The van der Waals surface area contributed by atoms with Crippen LogP contribution in [0.5, 0.6) is 0 Å². The lowest BCUT2D eigenvalue weighted by Gasteiger charge is -2.22. The molecule has 1 nitrogen and oxygen atoms in total. The monoisotopic (exact) mass is 233 g/mol. The maximum atomic E-state index is 6.05. The zero-order chi connectivity index (χ0) is 12.5. The van der Waals surface area contributed by atoms with E-state index in [1.54, 1.807) is 0 Å². The van der Waals surface area contributed by atoms with Gasteiger partial charge >= 0.3 is 0 Å². The first kappa shape index (κ1) is 9.95. The third kappa shape index (κ3) is 0.982. The SMILES string of the molecule is CC1(C)c2cccc3ccc4cc(N)cc1c4c23. The molecule has 4 rings (SSSR count). The van der Waals surface area contributed by atoms with Crippen molar-refractivity contribution in [1.82, 2.24) is 0 Å². The van der Waals surface area contributed by atoms with Crippen molar-refractivity contribution in [3.05, 3.63) is 53.6 Å². The standard InChI is InChI=1S/C17H15N/c1-17(2)13-5-3-4-10-6-7-11-8-12(18)9-14(17)16(11)15(10)13/h3-9H,18H2,1-2H3. The molecule has 3 aromatic rings. The van der Waals surface area contributed by atoms with Crippen LogP contribution in [0.2, 0.25) is 0 Å². The van der Waals surface area contributed by atoms with Crippen LogP contribution in [0.1, 0.15) is 25.0 Å². The van der Waals surface area contributed by atoms with Crippen molar-refractivity contribution in [3.8, 4) is 0 Å². The van der Waals surface area contributed by atoms with E-state index >= 15 is 0 Å². The molecular weight excluding hydrogens is 218 g/mol. The number of anilines is 1. The Hall–Kier alpha value is -2.02. The molecule has 0 unspecified atom stereocenters. The fourth-order valence-electron chi connectivity index (χ4n) is 3.42. The van der Waals surface area contributed by atoms with Crippen molar-refractivity contribution in [2.75, 3.05) is 5.73 Å². The van der Waals surface area contributed by atoms with Gasteiger partial charge in [-0.1, -0.05) is 44.2 Å². The minimum Gasteiger partial charge on any atom is -0.399 e. The van der Waals surface area contributed by atoms with Crippen molar-refractivity contribution < 1.29 is 0 Å². The minimum absolute atomic E-state index is 0.0524. The van der Waals surface area contributed by atoms with E-state index in [2.05, 4.69) is 56.3 Å². The van der Waals surface area contributed by atoms with Gasteiger partial charge in [-0.3, -0.25) is 0 Å². The van der Waals surface area contributed by atoms with Crippen LogP contribution in [0.25, 0.3) is 21.5 Å². The Bertz CT molecular complexity index is 813. The molecule has 0 radical (unpaired) electrons. The van der Waals surface area contributed by atoms with Gasteiger partial charge < -0.3 is 5.73 Å². The highest BCUT2D eigenvalue weighted by Crippen LogP contribution is 2.49. The molecule has 0 aliphatic heterocycles. The van der Waals surface area contributed by atoms with Gasteiger partial charge in [0.25, 0.3) is 0 Å². The summed E-state index contributed by atoms with van der Waals surface area (Å²) in [5.41, 5.74) is 9.75. The van der Waals surface area contributed by atoms with E-state index in [0.29, 0.717) is 0 Å². The molecule has 2 N–H and O–H groups in total. The van der Waals surface area contributed by atoms with Gasteiger partial charge in [0.05, 0.1) is 0 Å². The topological polar surface area (TPSA) is 26.0 Å². The average molecular weight is 233 g/mol. The molecule has 18 heavy (non-hydrogen) atoms. The number of hydrogen-bond acceptors (Lipinski definition) is 1. The van der Waals surface area contributed by atoms with Gasteiger partial charge in [0.1, 0.15) is 0 Å². The summed E-state index contributed by atoms with van der Waals surface area (Å²) < 4.78 is 0. The quantitative estimate of drug-likeness (QED) is 0.456. The number of rotatable bonds is 0. The normalized spacial score (nSPS) is 15.9. The Labute approximate surface area is 106 Å². The fraction of sp³-hybridized carbons (Fsp3) is 0.176. The van der Waals surface area contributed by atoms with Crippen LogP contribution in [-0.2, 0) is 5.41 Å². The predicted molar refractivity (Wildman–Crippen MR) is 78.0 cm³/mol. The van der Waals surface area contributed by atoms with E-state index in [0.717, 1.165) is 5.69 Å². The molecule has 88 valence electrons. The second kappa shape index (κ2) is 2.86. The molecule has 0 bridgehead atoms. The van der Waals surface area contributed by atoms with Gasteiger partial charge in [-0.15, -0.1) is 0 Å². The Kier molecular flexibility index (Phi) is 1.58. The van der Waals surface area contributed by atoms with E-state index in [1.807, 2.05) is 0 Å². The Morgan fingerprint density at radius 2 is 1.56 bits per heavy atom. The van der Waals surface area contributed by atoms with Crippen LogP contribution < -0.4 is 5.73 Å². The van der Waals surface area contributed by atoms with Gasteiger partial charge in [0, 0.05) is 11.1 Å². The van der Waals surface area contributed by atoms with Gasteiger partial charge in [-0.2, -0.15) is 0 Å². The van der Waals surface area contributed by atoms with Crippen LogP contribution in [0.4, 0.5) is 5.69 Å². The summed E-state index contributed by atoms with van der Waals surface area (Å²) in [6.07, 6.45) is 0. The lowest BCUT2D eigenvalue weighted by atomic mass is 9.81. The van der Waals surface area contributed by atoms with Crippen LogP contribution in [-0.4, -0.2) is 0 Å².